The smallest absolute Gasteiger partial charge is 0.299 e. The summed E-state index contributed by atoms with van der Waals surface area (Å²) in [6.45, 7) is 14.6. The summed E-state index contributed by atoms with van der Waals surface area (Å²) in [4.78, 5) is 23.2. The van der Waals surface area contributed by atoms with Crippen LogP contribution < -0.4 is 10.9 Å². The summed E-state index contributed by atoms with van der Waals surface area (Å²) >= 11 is 0. The number of nitrogens with one attached hydrogen (secondary N) is 1. The molecule has 0 amide bonds. The van der Waals surface area contributed by atoms with Crippen molar-refractivity contribution < 1.29 is 4.42 Å². The second-order valence-corrected chi connectivity index (χ2v) is 8.97. The molecule has 7 nitrogen and oxygen atoms in total. The lowest BCUT2D eigenvalue weighted by Crippen LogP contribution is -2.19. The van der Waals surface area contributed by atoms with E-state index in [0.717, 1.165) is 36.4 Å². The fourth-order valence-corrected chi connectivity index (χ4v) is 4.44. The first-order valence-electron chi connectivity index (χ1n) is 11.8. The lowest BCUT2D eigenvalue weighted by Gasteiger charge is -2.16. The average molecular weight is 466 g/mol. The van der Waals surface area contributed by atoms with Crippen LogP contribution in [0.25, 0.3) is 21.9 Å². The Kier molecular flexibility index (Phi) is 6.21. The Bertz CT molecular complexity index is 1470. The van der Waals surface area contributed by atoms with Gasteiger partial charge in [0.2, 0.25) is 5.69 Å². The molecule has 0 saturated carbocycles. The molecule has 176 valence electrons. The Balaban J connectivity index is 1.42. The molecule has 1 saturated heterocycles. The minimum absolute atomic E-state index is 0.154. The van der Waals surface area contributed by atoms with E-state index in [1.807, 2.05) is 6.07 Å². The Morgan fingerprint density at radius 3 is 2.71 bits per heavy atom. The van der Waals surface area contributed by atoms with Crippen LogP contribution in [-0.2, 0) is 6.54 Å². The summed E-state index contributed by atoms with van der Waals surface area (Å²) in [7, 11) is 0. The molecule has 1 N–H and O–H groups in total. The first kappa shape index (κ1) is 22.6. The highest BCUT2D eigenvalue weighted by molar-refractivity contribution is 5.71. The maximum Gasteiger partial charge on any atom is 0.299 e. The van der Waals surface area contributed by atoms with Gasteiger partial charge in [0.05, 0.1) is 18.5 Å². The molecule has 7 heteroatoms. The number of hydrogen-bond acceptors (Lipinski definition) is 5. The number of hydrogen-bond donors (Lipinski definition) is 1. The van der Waals surface area contributed by atoms with Gasteiger partial charge in [-0.15, -0.1) is 0 Å². The summed E-state index contributed by atoms with van der Waals surface area (Å²) in [6.07, 6.45) is 5.87. The van der Waals surface area contributed by atoms with Gasteiger partial charge in [0.25, 0.3) is 11.6 Å². The van der Waals surface area contributed by atoms with Gasteiger partial charge in [-0.25, -0.2) is 9.83 Å². The minimum Gasteiger partial charge on any atom is -0.423 e. The molecular formula is C28H27N5O2. The van der Waals surface area contributed by atoms with E-state index in [4.69, 9.17) is 11.0 Å². The number of aryl methyl sites for hydroxylation is 2. The summed E-state index contributed by atoms with van der Waals surface area (Å²) in [6, 6.07) is 15.7. The summed E-state index contributed by atoms with van der Waals surface area (Å²) in [5, 5.41) is 3.31. The number of likely N-dealkylation sites (tertiary alicyclic amines) is 1. The van der Waals surface area contributed by atoms with E-state index in [1.54, 1.807) is 43.6 Å². The van der Waals surface area contributed by atoms with Crippen LogP contribution in [0.15, 0.2) is 70.1 Å². The second kappa shape index (κ2) is 9.61. The molecule has 0 radical (unpaired) electrons. The van der Waals surface area contributed by atoms with Gasteiger partial charge < -0.3 is 9.73 Å². The third-order valence-electron chi connectivity index (χ3n) is 6.43. The fourth-order valence-electron chi connectivity index (χ4n) is 4.44. The summed E-state index contributed by atoms with van der Waals surface area (Å²) in [5.74, 6) is 0.553. The molecule has 0 atom stereocenters. The fraction of sp³-hybridized carbons (Fsp3) is 0.250. The van der Waals surface area contributed by atoms with E-state index in [0.29, 0.717) is 28.7 Å². The molecular weight excluding hydrogens is 438 g/mol. The number of oxazole rings is 1. The Labute approximate surface area is 204 Å². The molecule has 0 spiro atoms. The van der Waals surface area contributed by atoms with Gasteiger partial charge in [0.1, 0.15) is 0 Å². The summed E-state index contributed by atoms with van der Waals surface area (Å²) in [5.41, 5.74) is 5.44. The lowest BCUT2D eigenvalue weighted by atomic mass is 10.1. The second-order valence-electron chi connectivity index (χ2n) is 8.97. The van der Waals surface area contributed by atoms with Crippen LogP contribution in [-0.4, -0.2) is 27.5 Å². The maximum atomic E-state index is 12.7. The van der Waals surface area contributed by atoms with Crippen molar-refractivity contribution in [2.24, 2.45) is 0 Å². The number of pyridine rings is 1. The molecule has 5 rings (SSSR count). The number of rotatable bonds is 6. The van der Waals surface area contributed by atoms with Crippen LogP contribution in [0.3, 0.4) is 0 Å². The van der Waals surface area contributed by atoms with Crippen molar-refractivity contribution in [3.05, 3.63) is 99.4 Å². The van der Waals surface area contributed by atoms with Crippen molar-refractivity contribution in [3.8, 4) is 17.0 Å². The zero-order chi connectivity index (χ0) is 24.4. The molecule has 1 fully saturated rings. The normalized spacial score (nSPS) is 13.6. The predicted octanol–water partition coefficient (Wildman–Crippen LogP) is 6.00. The van der Waals surface area contributed by atoms with E-state index >= 15 is 0 Å². The monoisotopic (exact) mass is 465 g/mol. The highest BCUT2D eigenvalue weighted by atomic mass is 16.4. The zero-order valence-corrected chi connectivity index (χ0v) is 19.9. The Morgan fingerprint density at radius 1 is 1.09 bits per heavy atom. The van der Waals surface area contributed by atoms with Crippen molar-refractivity contribution in [1.29, 1.82) is 0 Å². The SMILES string of the molecule is [C-]#[N+]c1ccc(-c2cnc(Nc3cc(CN4CCCC4)ccc3C)o2)cc1-n1cccc(C)c1=O. The molecule has 35 heavy (non-hydrogen) atoms. The third kappa shape index (κ3) is 4.75. The van der Waals surface area contributed by atoms with Crippen molar-refractivity contribution in [1.82, 2.24) is 14.5 Å². The lowest BCUT2D eigenvalue weighted by molar-refractivity contribution is 0.331. The van der Waals surface area contributed by atoms with Gasteiger partial charge in [-0.1, -0.05) is 30.3 Å². The molecule has 0 unspecified atom stereocenters. The van der Waals surface area contributed by atoms with Gasteiger partial charge in [0, 0.05) is 29.6 Å². The van der Waals surface area contributed by atoms with Crippen LogP contribution in [0.5, 0.6) is 0 Å². The van der Waals surface area contributed by atoms with E-state index in [2.05, 4.69) is 45.2 Å². The van der Waals surface area contributed by atoms with E-state index in [-0.39, 0.29) is 5.56 Å². The number of benzene rings is 2. The third-order valence-corrected chi connectivity index (χ3v) is 6.43. The quantitative estimate of drug-likeness (QED) is 0.354. The predicted molar refractivity (Wildman–Crippen MR) is 138 cm³/mol. The van der Waals surface area contributed by atoms with Crippen LogP contribution >= 0.6 is 0 Å². The number of aromatic nitrogens is 2. The molecule has 2 aromatic heterocycles. The first-order chi connectivity index (χ1) is 17.0. The first-order valence-corrected chi connectivity index (χ1v) is 11.8. The van der Waals surface area contributed by atoms with Gasteiger partial charge >= 0.3 is 0 Å². The van der Waals surface area contributed by atoms with Crippen LogP contribution in [0, 0.1) is 20.4 Å². The van der Waals surface area contributed by atoms with Crippen LogP contribution in [0.1, 0.15) is 29.5 Å². The standard InChI is InChI=1S/C28H27N5O2/c1-19-8-9-21(18-32-12-4-5-13-32)15-24(19)31-28-30-17-26(35-28)22-10-11-23(29-3)25(16-22)33-14-6-7-20(2)27(33)34/h6-11,14-17H,4-5,12-13,18H2,1-2H3,(H,30,31). The minimum atomic E-state index is -0.154. The molecule has 3 heterocycles. The van der Waals surface area contributed by atoms with E-state index in [1.165, 1.54) is 23.0 Å². The molecule has 1 aliphatic heterocycles. The van der Waals surface area contributed by atoms with Crippen molar-refractivity contribution >= 4 is 17.4 Å². The Morgan fingerprint density at radius 2 is 1.91 bits per heavy atom. The Hall–Kier alpha value is -4.15. The van der Waals surface area contributed by atoms with Gasteiger partial charge in [-0.05, 0) is 69.1 Å². The topological polar surface area (TPSA) is 67.7 Å². The average Bonchev–Trinajstić information content (AvgIpc) is 3.55. The van der Waals surface area contributed by atoms with E-state index in [9.17, 15) is 4.79 Å². The van der Waals surface area contributed by atoms with Crippen LogP contribution in [0.4, 0.5) is 17.4 Å². The largest absolute Gasteiger partial charge is 0.423 e. The van der Waals surface area contributed by atoms with Crippen molar-refractivity contribution in [2.75, 3.05) is 18.4 Å². The van der Waals surface area contributed by atoms with Crippen molar-refractivity contribution in [2.45, 2.75) is 33.2 Å². The highest BCUT2D eigenvalue weighted by Gasteiger charge is 2.15. The molecule has 2 aromatic carbocycles. The highest BCUT2D eigenvalue weighted by Crippen LogP contribution is 2.31. The van der Waals surface area contributed by atoms with Gasteiger partial charge in [-0.3, -0.25) is 14.3 Å². The van der Waals surface area contributed by atoms with Gasteiger partial charge in [0.15, 0.2) is 5.76 Å². The maximum absolute atomic E-state index is 12.7. The van der Waals surface area contributed by atoms with Gasteiger partial charge in [-0.2, -0.15) is 0 Å². The summed E-state index contributed by atoms with van der Waals surface area (Å²) < 4.78 is 7.52. The number of nitrogens with zero attached hydrogens (tertiary/aromatic N) is 4. The zero-order valence-electron chi connectivity index (χ0n) is 19.9. The molecule has 4 aromatic rings. The number of anilines is 2. The molecule has 1 aliphatic rings. The molecule has 0 bridgehead atoms. The van der Waals surface area contributed by atoms with E-state index < -0.39 is 0 Å². The van der Waals surface area contributed by atoms with Crippen LogP contribution in [0.2, 0.25) is 0 Å². The molecule has 0 aliphatic carbocycles. The van der Waals surface area contributed by atoms with Crippen molar-refractivity contribution in [3.63, 3.8) is 0 Å².